The van der Waals surface area contributed by atoms with Gasteiger partial charge in [-0.05, 0) is 17.7 Å². The van der Waals surface area contributed by atoms with Crippen LogP contribution in [-0.2, 0) is 4.79 Å². The normalized spacial score (nSPS) is 12.3. The molecule has 0 spiro atoms. The van der Waals surface area contributed by atoms with Crippen molar-refractivity contribution in [1.29, 1.82) is 0 Å². The summed E-state index contributed by atoms with van der Waals surface area (Å²) < 4.78 is 0. The second-order valence-electron chi connectivity index (χ2n) is 3.52. The Labute approximate surface area is 113 Å². The van der Waals surface area contributed by atoms with E-state index in [0.717, 1.165) is 5.56 Å². The van der Waals surface area contributed by atoms with Gasteiger partial charge < -0.3 is 9.90 Å². The number of hydrogen-bond acceptors (Lipinski definition) is 5. The van der Waals surface area contributed by atoms with Gasteiger partial charge in [0.05, 0.1) is 0 Å². The van der Waals surface area contributed by atoms with E-state index in [0.29, 0.717) is 10.2 Å². The third-order valence-electron chi connectivity index (χ3n) is 2.24. The van der Waals surface area contributed by atoms with E-state index in [1.165, 1.54) is 18.1 Å². The molecule has 1 heterocycles. The van der Waals surface area contributed by atoms with E-state index in [-0.39, 0.29) is 11.7 Å². The number of carboxylic acids is 1. The topological polar surface area (TPSA) is 81.7 Å². The minimum absolute atomic E-state index is 0.104. The molecule has 2 aromatic rings. The van der Waals surface area contributed by atoms with Gasteiger partial charge in [-0.3, -0.25) is 5.10 Å². The maximum absolute atomic E-state index is 10.8. The first kappa shape index (κ1) is 12.9. The molecule has 94 valence electrons. The van der Waals surface area contributed by atoms with Gasteiger partial charge in [0.25, 0.3) is 0 Å². The smallest absolute Gasteiger partial charge is 0.183 e. The molecular formula is C11H9ClN3O2S-. The second kappa shape index (κ2) is 5.88. The highest BCUT2D eigenvalue weighted by Crippen LogP contribution is 2.35. The molecule has 2 rings (SSSR count). The first-order valence-electron chi connectivity index (χ1n) is 5.12. The number of carboxylic acid groups (broad SMARTS) is 1. The molecule has 0 bridgehead atoms. The van der Waals surface area contributed by atoms with Gasteiger partial charge in [0, 0.05) is 22.7 Å². The summed E-state index contributed by atoms with van der Waals surface area (Å²) in [6, 6.07) is 7.03. The van der Waals surface area contributed by atoms with Gasteiger partial charge in [0.1, 0.15) is 6.33 Å². The zero-order chi connectivity index (χ0) is 13.0. The predicted octanol–water partition coefficient (Wildman–Crippen LogP) is 1.43. The number of H-pyrrole nitrogens is 1. The SMILES string of the molecule is O=C([O-])C[C@H](Sc1ncn[nH]1)c1ccc(Cl)cc1. The number of nitrogens with zero attached hydrogens (tertiary/aromatic N) is 2. The van der Waals surface area contributed by atoms with E-state index in [4.69, 9.17) is 11.6 Å². The molecule has 0 aliphatic heterocycles. The summed E-state index contributed by atoms with van der Waals surface area (Å²) in [5, 5.41) is 18.1. The zero-order valence-corrected chi connectivity index (χ0v) is 10.7. The van der Waals surface area contributed by atoms with Crippen molar-refractivity contribution in [1.82, 2.24) is 15.2 Å². The Kier molecular flexibility index (Phi) is 4.22. The van der Waals surface area contributed by atoms with Crippen molar-refractivity contribution >= 4 is 29.3 Å². The van der Waals surface area contributed by atoms with Crippen molar-refractivity contribution in [3.05, 3.63) is 41.2 Å². The monoisotopic (exact) mass is 282 g/mol. The molecule has 0 saturated carbocycles. The van der Waals surface area contributed by atoms with E-state index in [2.05, 4.69) is 15.2 Å². The quantitative estimate of drug-likeness (QED) is 0.839. The summed E-state index contributed by atoms with van der Waals surface area (Å²) in [5.41, 5.74) is 0.852. The number of carbonyl (C=O) groups is 1. The molecule has 0 aliphatic rings. The number of hydrogen-bond donors (Lipinski definition) is 1. The van der Waals surface area contributed by atoms with Crippen LogP contribution in [0.15, 0.2) is 35.7 Å². The van der Waals surface area contributed by atoms with E-state index >= 15 is 0 Å². The second-order valence-corrected chi connectivity index (χ2v) is 5.15. The summed E-state index contributed by atoms with van der Waals surface area (Å²) in [5.74, 6) is -1.11. The molecule has 7 heteroatoms. The lowest BCUT2D eigenvalue weighted by molar-refractivity contribution is -0.305. The fourth-order valence-corrected chi connectivity index (χ4v) is 2.56. The highest BCUT2D eigenvalue weighted by molar-refractivity contribution is 7.99. The van der Waals surface area contributed by atoms with Crippen molar-refractivity contribution in [2.24, 2.45) is 0 Å². The number of carbonyl (C=O) groups excluding carboxylic acids is 1. The van der Waals surface area contributed by atoms with Crippen LogP contribution in [0.25, 0.3) is 0 Å². The summed E-state index contributed by atoms with van der Waals surface area (Å²) in [6.45, 7) is 0. The number of benzene rings is 1. The average Bonchev–Trinajstić information content (AvgIpc) is 2.81. The van der Waals surface area contributed by atoms with Crippen LogP contribution in [0.3, 0.4) is 0 Å². The molecule has 0 unspecified atom stereocenters. The van der Waals surface area contributed by atoms with Gasteiger partial charge in [-0.2, -0.15) is 5.10 Å². The zero-order valence-electron chi connectivity index (χ0n) is 9.17. The molecule has 0 saturated heterocycles. The Bertz CT molecular complexity index is 516. The lowest BCUT2D eigenvalue weighted by Crippen LogP contribution is -2.23. The van der Waals surface area contributed by atoms with E-state index in [1.807, 2.05) is 0 Å². The largest absolute Gasteiger partial charge is 0.550 e. The number of halogens is 1. The van der Waals surface area contributed by atoms with Crippen molar-refractivity contribution in [2.45, 2.75) is 16.8 Å². The maximum atomic E-state index is 10.8. The van der Waals surface area contributed by atoms with Gasteiger partial charge in [-0.1, -0.05) is 35.5 Å². The predicted molar refractivity (Wildman–Crippen MR) is 66.1 cm³/mol. The first-order chi connectivity index (χ1) is 8.65. The summed E-state index contributed by atoms with van der Waals surface area (Å²) in [7, 11) is 0. The van der Waals surface area contributed by atoms with Crippen LogP contribution < -0.4 is 5.11 Å². The molecule has 18 heavy (non-hydrogen) atoms. The lowest BCUT2D eigenvalue weighted by Gasteiger charge is -2.16. The molecule has 1 aromatic heterocycles. The molecule has 5 nitrogen and oxygen atoms in total. The van der Waals surface area contributed by atoms with Crippen LogP contribution in [0.4, 0.5) is 0 Å². The Morgan fingerprint density at radius 3 is 2.72 bits per heavy atom. The number of aromatic nitrogens is 3. The van der Waals surface area contributed by atoms with Crippen molar-refractivity contribution < 1.29 is 9.90 Å². The fraction of sp³-hybridized carbons (Fsp3) is 0.182. The van der Waals surface area contributed by atoms with Gasteiger partial charge in [-0.15, -0.1) is 0 Å². The van der Waals surface area contributed by atoms with Gasteiger partial charge >= 0.3 is 0 Å². The molecule has 0 fully saturated rings. The summed E-state index contributed by atoms with van der Waals surface area (Å²) >= 11 is 7.09. The highest BCUT2D eigenvalue weighted by Gasteiger charge is 2.15. The summed E-state index contributed by atoms with van der Waals surface area (Å²) in [6.07, 6.45) is 1.27. The minimum Gasteiger partial charge on any atom is -0.550 e. The first-order valence-corrected chi connectivity index (χ1v) is 6.38. The maximum Gasteiger partial charge on any atom is 0.183 e. The third kappa shape index (κ3) is 3.48. The number of aliphatic carboxylic acids is 1. The number of nitrogens with one attached hydrogen (secondary N) is 1. The lowest BCUT2D eigenvalue weighted by atomic mass is 10.1. The average molecular weight is 283 g/mol. The van der Waals surface area contributed by atoms with E-state index in [1.54, 1.807) is 24.3 Å². The minimum atomic E-state index is -1.11. The third-order valence-corrected chi connectivity index (χ3v) is 3.64. The number of rotatable bonds is 5. The molecule has 1 atom stereocenters. The summed E-state index contributed by atoms with van der Waals surface area (Å²) in [4.78, 5) is 14.7. The molecule has 0 aliphatic carbocycles. The van der Waals surface area contributed by atoms with Crippen LogP contribution >= 0.6 is 23.4 Å². The van der Waals surface area contributed by atoms with Crippen LogP contribution in [0, 0.1) is 0 Å². The molecule has 0 radical (unpaired) electrons. The molecule has 1 N–H and O–H groups in total. The van der Waals surface area contributed by atoms with Crippen LogP contribution in [-0.4, -0.2) is 21.2 Å². The van der Waals surface area contributed by atoms with Crippen LogP contribution in [0.5, 0.6) is 0 Å². The molecular weight excluding hydrogens is 274 g/mol. The van der Waals surface area contributed by atoms with E-state index < -0.39 is 5.97 Å². The van der Waals surface area contributed by atoms with Crippen molar-refractivity contribution in [3.8, 4) is 0 Å². The van der Waals surface area contributed by atoms with Gasteiger partial charge in [0.15, 0.2) is 5.16 Å². The van der Waals surface area contributed by atoms with Gasteiger partial charge in [0.2, 0.25) is 0 Å². The van der Waals surface area contributed by atoms with Crippen LogP contribution in [0.1, 0.15) is 17.2 Å². The van der Waals surface area contributed by atoms with Crippen molar-refractivity contribution in [2.75, 3.05) is 0 Å². The molecule has 0 amide bonds. The number of thioether (sulfide) groups is 1. The van der Waals surface area contributed by atoms with Crippen molar-refractivity contribution in [3.63, 3.8) is 0 Å². The fourth-order valence-electron chi connectivity index (χ4n) is 1.44. The Morgan fingerprint density at radius 2 is 2.17 bits per heavy atom. The Balaban J connectivity index is 2.19. The van der Waals surface area contributed by atoms with E-state index in [9.17, 15) is 9.90 Å². The highest BCUT2D eigenvalue weighted by atomic mass is 35.5. The van der Waals surface area contributed by atoms with Gasteiger partial charge in [-0.25, -0.2) is 4.98 Å². The standard InChI is InChI=1S/C11H10ClN3O2S/c12-8-3-1-7(2-4-8)9(5-10(16)17)18-11-13-6-14-15-11/h1-4,6,9H,5H2,(H,16,17)(H,13,14,15)/p-1/t9-/m0/s1. The van der Waals surface area contributed by atoms with Crippen LogP contribution in [0.2, 0.25) is 5.02 Å². The Morgan fingerprint density at radius 1 is 1.44 bits per heavy atom. The number of aromatic amines is 1. The molecule has 1 aromatic carbocycles. The Hall–Kier alpha value is -1.53.